The lowest BCUT2D eigenvalue weighted by molar-refractivity contribution is -0.151. The summed E-state index contributed by atoms with van der Waals surface area (Å²) in [6, 6.07) is 3.91. The zero-order valence-electron chi connectivity index (χ0n) is 14.8. The lowest BCUT2D eigenvalue weighted by Gasteiger charge is -2.70. The molecule has 9 heteroatoms. The van der Waals surface area contributed by atoms with Crippen LogP contribution in [-0.4, -0.2) is 46.7 Å². The van der Waals surface area contributed by atoms with Crippen molar-refractivity contribution in [2.24, 2.45) is 0 Å². The highest BCUT2D eigenvalue weighted by Crippen LogP contribution is 2.60. The number of hydrogen-bond donors (Lipinski definition) is 3. The highest BCUT2D eigenvalue weighted by Gasteiger charge is 2.69. The Morgan fingerprint density at radius 3 is 2.67 bits per heavy atom. The van der Waals surface area contributed by atoms with E-state index >= 15 is 0 Å². The minimum Gasteiger partial charge on any atom is -0.484 e. The maximum Gasteiger partial charge on any atom is 0.258 e. The molecular weight excluding hydrogens is 393 g/mol. The highest BCUT2D eigenvalue weighted by atomic mass is 35.5. The van der Waals surface area contributed by atoms with Gasteiger partial charge in [-0.05, 0) is 38.3 Å². The molecule has 4 fully saturated rings. The minimum absolute atomic E-state index is 0.00821. The molecule has 3 saturated carbocycles. The van der Waals surface area contributed by atoms with Gasteiger partial charge in [0.15, 0.2) is 6.61 Å². The molecule has 1 heterocycles. The Balaban J connectivity index is 1.20. The molecule has 1 aliphatic heterocycles. The number of benzene rings is 1. The number of halogens is 2. The van der Waals surface area contributed by atoms with Crippen molar-refractivity contribution >= 4 is 35.2 Å². The van der Waals surface area contributed by atoms with Crippen LogP contribution < -0.4 is 20.7 Å². The topological polar surface area (TPSA) is 79.5 Å². The fourth-order valence-electron chi connectivity index (χ4n) is 4.22. The van der Waals surface area contributed by atoms with Crippen molar-refractivity contribution < 1.29 is 18.7 Å². The Morgan fingerprint density at radius 2 is 2.04 bits per heavy atom. The van der Waals surface area contributed by atoms with Crippen molar-refractivity contribution in [3.63, 3.8) is 0 Å². The van der Waals surface area contributed by atoms with Gasteiger partial charge in [0.05, 0.1) is 16.4 Å². The number of carbonyl (C=O) groups excluding carboxylic acids is 2. The summed E-state index contributed by atoms with van der Waals surface area (Å²) in [4.78, 5) is 24.4. The van der Waals surface area contributed by atoms with Gasteiger partial charge < -0.3 is 15.4 Å². The largest absolute Gasteiger partial charge is 0.484 e. The Bertz CT molecular complexity index is 773. The molecule has 2 atom stereocenters. The molecule has 2 unspecified atom stereocenters. The van der Waals surface area contributed by atoms with Gasteiger partial charge in [-0.2, -0.15) is 0 Å². The summed E-state index contributed by atoms with van der Waals surface area (Å²) < 4.78 is 18.7. The van der Waals surface area contributed by atoms with Gasteiger partial charge in [0.2, 0.25) is 5.91 Å². The summed E-state index contributed by atoms with van der Waals surface area (Å²) in [5.41, 5.74) is -0.424. The maximum atomic E-state index is 13.4. The van der Waals surface area contributed by atoms with Crippen LogP contribution in [0.1, 0.15) is 26.2 Å². The first-order valence-corrected chi connectivity index (χ1v) is 10.3. The molecule has 5 rings (SSSR count). The highest BCUT2D eigenvalue weighted by molar-refractivity contribution is 8.00. The molecule has 3 aliphatic carbocycles. The van der Waals surface area contributed by atoms with Crippen LogP contribution in [0.25, 0.3) is 0 Å². The number of nitrogens with one attached hydrogen (secondary N) is 3. The summed E-state index contributed by atoms with van der Waals surface area (Å²) in [6.07, 6.45) is 2.22. The molecule has 0 aromatic heterocycles. The Kier molecular flexibility index (Phi) is 4.76. The van der Waals surface area contributed by atoms with E-state index < -0.39 is 5.82 Å². The molecule has 0 spiro atoms. The van der Waals surface area contributed by atoms with Gasteiger partial charge in [0, 0.05) is 22.9 Å². The molecule has 27 heavy (non-hydrogen) atoms. The average molecular weight is 414 g/mol. The number of thioether (sulfide) groups is 1. The monoisotopic (exact) mass is 413 g/mol. The number of carbonyl (C=O) groups is 2. The van der Waals surface area contributed by atoms with E-state index in [1.165, 1.54) is 12.1 Å². The van der Waals surface area contributed by atoms with Crippen LogP contribution in [0.5, 0.6) is 5.75 Å². The van der Waals surface area contributed by atoms with Crippen LogP contribution in [0, 0.1) is 5.82 Å². The van der Waals surface area contributed by atoms with Gasteiger partial charge in [-0.3, -0.25) is 14.9 Å². The second-order valence-electron chi connectivity index (χ2n) is 7.69. The predicted molar refractivity (Wildman–Crippen MR) is 101 cm³/mol. The summed E-state index contributed by atoms with van der Waals surface area (Å²) in [6.45, 7) is 1.85. The van der Waals surface area contributed by atoms with E-state index in [2.05, 4.69) is 16.0 Å². The Morgan fingerprint density at radius 1 is 1.33 bits per heavy atom. The number of ether oxygens (including phenoxy) is 1. The quantitative estimate of drug-likeness (QED) is 0.663. The maximum absolute atomic E-state index is 13.4. The van der Waals surface area contributed by atoms with Gasteiger partial charge in [0.1, 0.15) is 11.6 Å². The van der Waals surface area contributed by atoms with Crippen LogP contribution in [0.15, 0.2) is 18.2 Å². The molecule has 4 aliphatic rings. The van der Waals surface area contributed by atoms with Gasteiger partial charge in [-0.15, -0.1) is 11.8 Å². The van der Waals surface area contributed by atoms with Gasteiger partial charge >= 0.3 is 0 Å². The molecule has 2 bridgehead atoms. The van der Waals surface area contributed by atoms with E-state index in [-0.39, 0.29) is 46.3 Å². The molecule has 146 valence electrons. The average Bonchev–Trinajstić information content (AvgIpc) is 2.99. The molecule has 1 aromatic rings. The van der Waals surface area contributed by atoms with Crippen molar-refractivity contribution in [2.75, 3.05) is 12.4 Å². The molecule has 6 nitrogen and oxygen atoms in total. The van der Waals surface area contributed by atoms with Gasteiger partial charge in [0.25, 0.3) is 5.91 Å². The first kappa shape index (κ1) is 18.8. The lowest BCUT2D eigenvalue weighted by Crippen LogP contribution is -2.84. The molecule has 2 amide bonds. The van der Waals surface area contributed by atoms with Crippen molar-refractivity contribution in [2.45, 2.75) is 48.7 Å². The Hall–Kier alpha value is -1.51. The SMILES string of the molecule is CC1NC(C(=O)NC23CC(NC(=O)COc4ccc(Cl)c(F)c4)(C2)C3)CS1. The van der Waals surface area contributed by atoms with Gasteiger partial charge in [-0.1, -0.05) is 11.6 Å². The van der Waals surface area contributed by atoms with E-state index in [0.29, 0.717) is 5.37 Å². The van der Waals surface area contributed by atoms with Crippen LogP contribution in [0.2, 0.25) is 5.02 Å². The standard InChI is InChI=1S/C18H21ClFN3O3S/c1-10-21-14(6-27-10)16(25)23-18-7-17(8-18,9-18)22-15(24)5-26-11-2-3-12(19)13(20)4-11/h2-4,10,14,21H,5-9H2,1H3,(H,22,24)(H,23,25). The molecule has 3 N–H and O–H groups in total. The summed E-state index contributed by atoms with van der Waals surface area (Å²) in [7, 11) is 0. The second kappa shape index (κ2) is 6.83. The number of rotatable bonds is 6. The van der Waals surface area contributed by atoms with Crippen molar-refractivity contribution in [1.82, 2.24) is 16.0 Å². The molecule has 0 radical (unpaired) electrons. The van der Waals surface area contributed by atoms with Crippen molar-refractivity contribution in [3.8, 4) is 5.75 Å². The van der Waals surface area contributed by atoms with E-state index in [0.717, 1.165) is 31.1 Å². The summed E-state index contributed by atoms with van der Waals surface area (Å²) in [5, 5.41) is 9.67. The zero-order chi connectivity index (χ0) is 19.2. The Labute approximate surface area is 165 Å². The second-order valence-corrected chi connectivity index (χ2v) is 9.47. The van der Waals surface area contributed by atoms with E-state index in [9.17, 15) is 14.0 Å². The first-order valence-electron chi connectivity index (χ1n) is 8.87. The van der Waals surface area contributed by atoms with E-state index in [4.69, 9.17) is 16.3 Å². The first-order chi connectivity index (χ1) is 12.8. The number of amides is 2. The molecule has 1 saturated heterocycles. The number of hydrogen-bond acceptors (Lipinski definition) is 5. The predicted octanol–water partition coefficient (Wildman–Crippen LogP) is 1.82. The van der Waals surface area contributed by atoms with Crippen LogP contribution in [0.4, 0.5) is 4.39 Å². The van der Waals surface area contributed by atoms with E-state index in [1.807, 2.05) is 6.92 Å². The van der Waals surface area contributed by atoms with Crippen LogP contribution in [0.3, 0.4) is 0 Å². The van der Waals surface area contributed by atoms with Crippen molar-refractivity contribution in [1.29, 1.82) is 0 Å². The smallest absolute Gasteiger partial charge is 0.258 e. The summed E-state index contributed by atoms with van der Waals surface area (Å²) >= 11 is 7.35. The normalized spacial score (nSPS) is 33.6. The van der Waals surface area contributed by atoms with Gasteiger partial charge in [-0.25, -0.2) is 4.39 Å². The van der Waals surface area contributed by atoms with Crippen molar-refractivity contribution in [3.05, 3.63) is 29.0 Å². The fourth-order valence-corrected chi connectivity index (χ4v) is 5.33. The lowest BCUT2D eigenvalue weighted by atomic mass is 9.44. The fraction of sp³-hybridized carbons (Fsp3) is 0.556. The third-order valence-corrected chi connectivity index (χ3v) is 6.82. The zero-order valence-corrected chi connectivity index (χ0v) is 16.4. The molecule has 1 aromatic carbocycles. The third kappa shape index (κ3) is 3.75. The molecular formula is C18H21ClFN3O3S. The third-order valence-electron chi connectivity index (χ3n) is 5.35. The minimum atomic E-state index is -0.587. The van der Waals surface area contributed by atoms with E-state index in [1.54, 1.807) is 11.8 Å². The van der Waals surface area contributed by atoms with Crippen LogP contribution >= 0.6 is 23.4 Å². The summed E-state index contributed by atoms with van der Waals surface area (Å²) in [5.74, 6) is 0.237. The van der Waals surface area contributed by atoms with Crippen LogP contribution in [-0.2, 0) is 9.59 Å².